The van der Waals surface area contributed by atoms with E-state index >= 15 is 0 Å². The van der Waals surface area contributed by atoms with Crippen LogP contribution in [0, 0.1) is 0 Å². The molecule has 0 fully saturated rings. The Hall–Kier alpha value is -1.90. The predicted octanol–water partition coefficient (Wildman–Crippen LogP) is 5.58. The summed E-state index contributed by atoms with van der Waals surface area (Å²) in [5.74, 6) is -0.526. The second-order valence-electron chi connectivity index (χ2n) is 7.37. The van der Waals surface area contributed by atoms with Crippen LogP contribution < -0.4 is 5.32 Å². The summed E-state index contributed by atoms with van der Waals surface area (Å²) >= 11 is 0. The molecule has 1 aromatic carbocycles. The van der Waals surface area contributed by atoms with Crippen molar-refractivity contribution >= 4 is 17.4 Å². The molecule has 1 N–H and O–H groups in total. The number of hydrogen-bond donors (Lipinski definition) is 1. The molecule has 0 bridgehead atoms. The molecule has 1 aromatic rings. The van der Waals surface area contributed by atoms with Crippen LogP contribution in [0.5, 0.6) is 0 Å². The van der Waals surface area contributed by atoms with Crippen LogP contribution in [0.2, 0.25) is 0 Å². The Morgan fingerprint density at radius 1 is 0.769 bits per heavy atom. The van der Waals surface area contributed by atoms with Crippen LogP contribution in [-0.4, -0.2) is 11.8 Å². The van der Waals surface area contributed by atoms with E-state index in [4.69, 9.17) is 0 Å². The van der Waals surface area contributed by atoms with E-state index < -0.39 is 0 Å². The van der Waals surface area contributed by atoms with Crippen molar-refractivity contribution in [2.45, 2.75) is 84.5 Å². The molecule has 2 rings (SSSR count). The van der Waals surface area contributed by atoms with E-state index in [-0.39, 0.29) is 11.8 Å². The van der Waals surface area contributed by atoms with Gasteiger partial charge in [0.1, 0.15) is 0 Å². The molecule has 0 unspecified atom stereocenters. The third-order valence-corrected chi connectivity index (χ3v) is 5.26. The molecule has 0 saturated carbocycles. The van der Waals surface area contributed by atoms with Gasteiger partial charge in [0.25, 0.3) is 11.8 Å². The Balaban J connectivity index is 1.76. The van der Waals surface area contributed by atoms with Gasteiger partial charge in [-0.15, -0.1) is 0 Å². The Morgan fingerprint density at radius 2 is 1.35 bits per heavy atom. The molecule has 1 heterocycles. The Kier molecular flexibility index (Phi) is 8.60. The number of imide groups is 1. The third-order valence-electron chi connectivity index (χ3n) is 5.26. The van der Waals surface area contributed by atoms with Crippen LogP contribution in [0.3, 0.4) is 0 Å². The van der Waals surface area contributed by atoms with Crippen molar-refractivity contribution in [1.29, 1.82) is 0 Å². The smallest absolute Gasteiger partial charge is 0.259 e. The quantitative estimate of drug-likeness (QED) is 0.393. The maximum Gasteiger partial charge on any atom is 0.259 e. The second-order valence-corrected chi connectivity index (χ2v) is 7.37. The van der Waals surface area contributed by atoms with Crippen LogP contribution in [0.4, 0.5) is 0 Å². The molecule has 0 radical (unpaired) electrons. The third kappa shape index (κ3) is 5.82. The van der Waals surface area contributed by atoms with Crippen LogP contribution in [0.25, 0.3) is 5.57 Å². The molecular formula is C23H33NO2. The lowest BCUT2D eigenvalue weighted by Gasteiger charge is -2.10. The lowest BCUT2D eigenvalue weighted by atomic mass is 9.93. The number of rotatable bonds is 12. The van der Waals surface area contributed by atoms with Crippen LogP contribution >= 0.6 is 0 Å². The number of amides is 2. The fourth-order valence-corrected chi connectivity index (χ4v) is 3.65. The number of carbonyl (C=O) groups excluding carboxylic acids is 2. The van der Waals surface area contributed by atoms with Crippen molar-refractivity contribution in [3.05, 3.63) is 41.0 Å². The van der Waals surface area contributed by atoms with E-state index in [0.29, 0.717) is 11.1 Å². The van der Waals surface area contributed by atoms with Crippen molar-refractivity contribution in [3.8, 4) is 0 Å². The number of unbranched alkanes of at least 4 members (excludes halogenated alkanes) is 9. The van der Waals surface area contributed by atoms with Gasteiger partial charge in [-0.05, 0) is 30.9 Å². The summed E-state index contributed by atoms with van der Waals surface area (Å²) in [4.78, 5) is 23.8. The average molecular weight is 356 g/mol. The topological polar surface area (TPSA) is 46.2 Å². The molecular weight excluding hydrogens is 322 g/mol. The minimum absolute atomic E-state index is 0.261. The van der Waals surface area contributed by atoms with Gasteiger partial charge >= 0.3 is 0 Å². The number of benzene rings is 1. The van der Waals surface area contributed by atoms with Crippen molar-refractivity contribution in [2.75, 3.05) is 0 Å². The summed E-state index contributed by atoms with van der Waals surface area (Å²) in [6.45, 7) is 3.99. The Bertz CT molecular complexity index is 645. The van der Waals surface area contributed by atoms with Crippen molar-refractivity contribution in [3.63, 3.8) is 0 Å². The second kappa shape index (κ2) is 10.9. The molecule has 2 amide bonds. The minimum atomic E-state index is -0.265. The molecule has 142 valence electrons. The fraction of sp³-hybridized carbons (Fsp3) is 0.565. The van der Waals surface area contributed by atoms with Crippen LogP contribution in [0.1, 0.15) is 89.2 Å². The summed E-state index contributed by atoms with van der Waals surface area (Å²) in [6, 6.07) is 8.00. The monoisotopic (exact) mass is 355 g/mol. The predicted molar refractivity (Wildman–Crippen MR) is 108 cm³/mol. The first-order chi connectivity index (χ1) is 12.6. The highest BCUT2D eigenvalue weighted by atomic mass is 16.2. The molecule has 0 atom stereocenters. The van der Waals surface area contributed by atoms with Crippen molar-refractivity contribution in [2.24, 2.45) is 0 Å². The molecule has 1 aliphatic heterocycles. The fourth-order valence-electron chi connectivity index (χ4n) is 3.65. The molecule has 3 nitrogen and oxygen atoms in total. The van der Waals surface area contributed by atoms with Gasteiger partial charge in [0.05, 0.1) is 5.57 Å². The van der Waals surface area contributed by atoms with Crippen LogP contribution in [-0.2, 0) is 16.0 Å². The highest BCUT2D eigenvalue weighted by molar-refractivity contribution is 6.35. The standard InChI is InChI=1S/C23H33NO2/c1-3-4-5-6-7-8-9-10-11-12-15-19-16-13-14-17-20(19)21-18(2)22(25)24-23(21)26/h13-14,16-17H,3-12,15H2,1-2H3,(H,24,25,26). The average Bonchev–Trinajstić information content (AvgIpc) is 2.89. The summed E-state index contributed by atoms with van der Waals surface area (Å²) in [5, 5.41) is 2.40. The molecule has 0 aromatic heterocycles. The summed E-state index contributed by atoms with van der Waals surface area (Å²) in [5.41, 5.74) is 3.18. The van der Waals surface area contributed by atoms with E-state index in [1.165, 1.54) is 63.4 Å². The molecule has 0 saturated heterocycles. The first-order valence-corrected chi connectivity index (χ1v) is 10.3. The Labute approximate surface area is 158 Å². The molecule has 0 spiro atoms. The largest absolute Gasteiger partial charge is 0.288 e. The molecule has 3 heteroatoms. The highest BCUT2D eigenvalue weighted by Crippen LogP contribution is 2.27. The zero-order valence-corrected chi connectivity index (χ0v) is 16.4. The number of carbonyl (C=O) groups is 2. The first-order valence-electron chi connectivity index (χ1n) is 10.3. The summed E-state index contributed by atoms with van der Waals surface area (Å²) in [6.07, 6.45) is 14.1. The van der Waals surface area contributed by atoms with Crippen molar-refractivity contribution < 1.29 is 9.59 Å². The minimum Gasteiger partial charge on any atom is -0.288 e. The van der Waals surface area contributed by atoms with Gasteiger partial charge in [0.2, 0.25) is 0 Å². The SMILES string of the molecule is CCCCCCCCCCCCc1ccccc1C1=C(C)C(=O)NC1=O. The number of aryl methyl sites for hydroxylation is 1. The van der Waals surface area contributed by atoms with Crippen LogP contribution in [0.15, 0.2) is 29.8 Å². The van der Waals surface area contributed by atoms with E-state index in [2.05, 4.69) is 18.3 Å². The van der Waals surface area contributed by atoms with Gasteiger partial charge in [-0.3, -0.25) is 14.9 Å². The lowest BCUT2D eigenvalue weighted by Crippen LogP contribution is -2.22. The molecule has 0 aliphatic carbocycles. The lowest BCUT2D eigenvalue weighted by molar-refractivity contribution is -0.123. The van der Waals surface area contributed by atoms with E-state index in [1.807, 2.05) is 18.2 Å². The molecule has 1 aliphatic rings. The highest BCUT2D eigenvalue weighted by Gasteiger charge is 2.29. The Morgan fingerprint density at radius 3 is 1.92 bits per heavy atom. The molecule has 26 heavy (non-hydrogen) atoms. The van der Waals surface area contributed by atoms with E-state index in [1.54, 1.807) is 6.92 Å². The van der Waals surface area contributed by atoms with E-state index in [0.717, 1.165) is 18.4 Å². The van der Waals surface area contributed by atoms with Gasteiger partial charge in [-0.1, -0.05) is 89.0 Å². The maximum atomic E-state index is 12.1. The van der Waals surface area contributed by atoms with E-state index in [9.17, 15) is 9.59 Å². The van der Waals surface area contributed by atoms with Gasteiger partial charge in [0.15, 0.2) is 0 Å². The van der Waals surface area contributed by atoms with Gasteiger partial charge in [-0.25, -0.2) is 0 Å². The number of nitrogens with one attached hydrogen (secondary N) is 1. The van der Waals surface area contributed by atoms with Gasteiger partial charge in [-0.2, -0.15) is 0 Å². The van der Waals surface area contributed by atoms with Gasteiger partial charge in [0, 0.05) is 5.57 Å². The first kappa shape index (κ1) is 20.4. The van der Waals surface area contributed by atoms with Crippen molar-refractivity contribution in [1.82, 2.24) is 5.32 Å². The zero-order chi connectivity index (χ0) is 18.8. The summed E-state index contributed by atoms with van der Waals surface area (Å²) in [7, 11) is 0. The summed E-state index contributed by atoms with van der Waals surface area (Å²) < 4.78 is 0. The number of hydrogen-bond acceptors (Lipinski definition) is 2. The zero-order valence-electron chi connectivity index (χ0n) is 16.4. The van der Waals surface area contributed by atoms with Gasteiger partial charge < -0.3 is 0 Å². The maximum absolute atomic E-state index is 12.1. The normalized spacial score (nSPS) is 14.2.